The zero-order valence-corrected chi connectivity index (χ0v) is 11.4. The highest BCUT2D eigenvalue weighted by atomic mass is 32.2. The van der Waals surface area contributed by atoms with Crippen LogP contribution in [0.1, 0.15) is 5.76 Å². The fourth-order valence-corrected chi connectivity index (χ4v) is 1.94. The van der Waals surface area contributed by atoms with Crippen molar-refractivity contribution in [2.24, 2.45) is 0 Å². The molecule has 104 valence electrons. The predicted molar refractivity (Wildman–Crippen MR) is 64.5 cm³/mol. The lowest BCUT2D eigenvalue weighted by atomic mass is 10.4. The molecule has 0 radical (unpaired) electrons. The zero-order valence-electron chi connectivity index (χ0n) is 10.6. The number of furan rings is 1. The number of nitrogens with one attached hydrogen (secondary N) is 2. The molecule has 1 aromatic rings. The molecule has 0 spiro atoms. The van der Waals surface area contributed by atoms with Crippen molar-refractivity contribution in [3.05, 3.63) is 17.9 Å². The lowest BCUT2D eigenvalue weighted by Gasteiger charge is -2.13. The van der Waals surface area contributed by atoms with Gasteiger partial charge in [0, 0.05) is 20.8 Å². The molecule has 0 fully saturated rings. The molecule has 0 atom stereocenters. The minimum absolute atomic E-state index is 0.100. The molecule has 1 aromatic heterocycles. The van der Waals surface area contributed by atoms with E-state index in [2.05, 4.69) is 10.0 Å². The maximum Gasteiger partial charge on any atom is 0.273 e. The molecule has 18 heavy (non-hydrogen) atoms. The Labute approximate surface area is 107 Å². The van der Waals surface area contributed by atoms with E-state index in [0.29, 0.717) is 18.8 Å². The topological polar surface area (TPSA) is 89.8 Å². The number of hydrogen-bond acceptors (Lipinski definition) is 6. The lowest BCUT2D eigenvalue weighted by Crippen LogP contribution is -2.29. The van der Waals surface area contributed by atoms with Crippen LogP contribution < -0.4 is 10.0 Å². The van der Waals surface area contributed by atoms with Crippen molar-refractivity contribution in [3.8, 4) is 0 Å². The van der Waals surface area contributed by atoms with Gasteiger partial charge in [-0.2, -0.15) is 0 Å². The number of rotatable bonds is 8. The summed E-state index contributed by atoms with van der Waals surface area (Å²) >= 11 is 0. The van der Waals surface area contributed by atoms with Gasteiger partial charge in [0.1, 0.15) is 5.76 Å². The van der Waals surface area contributed by atoms with Crippen LogP contribution in [0.25, 0.3) is 0 Å². The molecule has 1 heterocycles. The molecule has 0 aliphatic heterocycles. The maximum atomic E-state index is 11.4. The van der Waals surface area contributed by atoms with Crippen LogP contribution in [-0.2, 0) is 26.0 Å². The van der Waals surface area contributed by atoms with Gasteiger partial charge in [-0.25, -0.2) is 13.1 Å². The van der Waals surface area contributed by atoms with Crippen molar-refractivity contribution in [1.82, 2.24) is 10.0 Å². The Morgan fingerprint density at radius 3 is 2.56 bits per heavy atom. The Morgan fingerprint density at radius 2 is 2.00 bits per heavy atom. The average Bonchev–Trinajstić information content (AvgIpc) is 2.84. The van der Waals surface area contributed by atoms with Gasteiger partial charge in [0.2, 0.25) is 5.09 Å². The Morgan fingerprint density at radius 1 is 1.33 bits per heavy atom. The molecule has 7 nitrogen and oxygen atoms in total. The van der Waals surface area contributed by atoms with E-state index < -0.39 is 10.0 Å². The van der Waals surface area contributed by atoms with E-state index in [1.807, 2.05) is 0 Å². The van der Waals surface area contributed by atoms with E-state index in [9.17, 15) is 8.42 Å². The Kier molecular flexibility index (Phi) is 5.76. The van der Waals surface area contributed by atoms with Crippen molar-refractivity contribution < 1.29 is 22.3 Å². The lowest BCUT2D eigenvalue weighted by molar-refractivity contribution is -0.0990. The smallest absolute Gasteiger partial charge is 0.273 e. The summed E-state index contributed by atoms with van der Waals surface area (Å²) in [6, 6.07) is 3.01. The largest absolute Gasteiger partial charge is 0.447 e. The van der Waals surface area contributed by atoms with Gasteiger partial charge < -0.3 is 19.2 Å². The fourth-order valence-electron chi connectivity index (χ4n) is 1.27. The van der Waals surface area contributed by atoms with Gasteiger partial charge in [-0.1, -0.05) is 0 Å². The molecule has 0 saturated carbocycles. The highest BCUT2D eigenvalue weighted by Crippen LogP contribution is 2.13. The van der Waals surface area contributed by atoms with Gasteiger partial charge >= 0.3 is 0 Å². The summed E-state index contributed by atoms with van der Waals surface area (Å²) < 4.78 is 40.2. The normalized spacial score (nSPS) is 12.2. The first-order valence-electron chi connectivity index (χ1n) is 5.32. The first kappa shape index (κ1) is 15.1. The van der Waals surface area contributed by atoms with Crippen molar-refractivity contribution in [2.75, 3.05) is 27.8 Å². The molecule has 0 bridgehead atoms. The minimum atomic E-state index is -3.52. The maximum absolute atomic E-state index is 11.4. The van der Waals surface area contributed by atoms with E-state index in [1.54, 1.807) is 20.3 Å². The summed E-state index contributed by atoms with van der Waals surface area (Å²) in [7, 11) is 0.893. The second-order valence-electron chi connectivity index (χ2n) is 3.46. The van der Waals surface area contributed by atoms with Crippen LogP contribution in [0.5, 0.6) is 0 Å². The molecule has 0 aromatic carbocycles. The van der Waals surface area contributed by atoms with Gasteiger partial charge in [0.05, 0.1) is 6.54 Å². The second kappa shape index (κ2) is 6.86. The van der Waals surface area contributed by atoms with Gasteiger partial charge in [0.15, 0.2) is 6.29 Å². The van der Waals surface area contributed by atoms with Crippen molar-refractivity contribution in [2.45, 2.75) is 17.9 Å². The van der Waals surface area contributed by atoms with Crippen LogP contribution in [0.2, 0.25) is 0 Å². The van der Waals surface area contributed by atoms with E-state index >= 15 is 0 Å². The Hall–Kier alpha value is -0.930. The molecule has 0 amide bonds. The highest BCUT2D eigenvalue weighted by molar-refractivity contribution is 7.89. The standard InChI is InChI=1S/C10H18N2O5S/c1-11-18(13,14)10-5-4-8(17-10)6-12-7-9(15-2)16-3/h4-5,9,11-12H,6-7H2,1-3H3. The van der Waals surface area contributed by atoms with Gasteiger partial charge in [-0.15, -0.1) is 0 Å². The van der Waals surface area contributed by atoms with E-state index in [1.165, 1.54) is 13.1 Å². The Bertz CT molecular complexity index is 453. The molecular weight excluding hydrogens is 260 g/mol. The summed E-state index contributed by atoms with van der Waals surface area (Å²) in [5, 5.41) is 2.93. The van der Waals surface area contributed by atoms with E-state index in [-0.39, 0.29) is 11.4 Å². The number of ether oxygens (including phenoxy) is 2. The molecule has 1 rings (SSSR count). The highest BCUT2D eigenvalue weighted by Gasteiger charge is 2.16. The van der Waals surface area contributed by atoms with Crippen molar-refractivity contribution in [3.63, 3.8) is 0 Å². The second-order valence-corrected chi connectivity index (χ2v) is 5.28. The van der Waals surface area contributed by atoms with E-state index in [4.69, 9.17) is 13.9 Å². The molecule has 8 heteroatoms. The van der Waals surface area contributed by atoms with Crippen LogP contribution in [0.4, 0.5) is 0 Å². The molecule has 0 saturated heterocycles. The fraction of sp³-hybridized carbons (Fsp3) is 0.600. The molecule has 2 N–H and O–H groups in total. The van der Waals surface area contributed by atoms with Crippen LogP contribution in [-0.4, -0.2) is 42.5 Å². The first-order valence-corrected chi connectivity index (χ1v) is 6.80. The molecule has 0 aliphatic rings. The number of sulfonamides is 1. The number of methoxy groups -OCH3 is 2. The zero-order chi connectivity index (χ0) is 13.6. The Balaban J connectivity index is 2.50. The third kappa shape index (κ3) is 4.07. The third-order valence-corrected chi connectivity index (χ3v) is 3.59. The average molecular weight is 278 g/mol. The molecule has 0 aliphatic carbocycles. The van der Waals surface area contributed by atoms with Gasteiger partial charge in [-0.05, 0) is 19.2 Å². The molecule has 0 unspecified atom stereocenters. The van der Waals surface area contributed by atoms with Crippen LogP contribution in [0.15, 0.2) is 21.6 Å². The summed E-state index contributed by atoms with van der Waals surface area (Å²) in [4.78, 5) is 0. The monoisotopic (exact) mass is 278 g/mol. The van der Waals surface area contributed by atoms with Crippen molar-refractivity contribution in [1.29, 1.82) is 0 Å². The van der Waals surface area contributed by atoms with E-state index in [0.717, 1.165) is 0 Å². The summed E-state index contributed by atoms with van der Waals surface area (Å²) in [5.74, 6) is 0.523. The van der Waals surface area contributed by atoms with Crippen LogP contribution in [0, 0.1) is 0 Å². The summed E-state index contributed by atoms with van der Waals surface area (Å²) in [6.45, 7) is 0.865. The first-order chi connectivity index (χ1) is 8.53. The SMILES string of the molecule is CNS(=O)(=O)c1ccc(CNCC(OC)OC)o1. The van der Waals surface area contributed by atoms with Crippen molar-refractivity contribution >= 4 is 10.0 Å². The minimum Gasteiger partial charge on any atom is -0.447 e. The molecular formula is C10H18N2O5S. The summed E-state index contributed by atoms with van der Waals surface area (Å²) in [6.07, 6.45) is -0.347. The van der Waals surface area contributed by atoms with Crippen LogP contribution >= 0.6 is 0 Å². The van der Waals surface area contributed by atoms with Crippen LogP contribution in [0.3, 0.4) is 0 Å². The predicted octanol–water partition coefficient (Wildman–Crippen LogP) is -0.104. The van der Waals surface area contributed by atoms with Gasteiger partial charge in [0.25, 0.3) is 10.0 Å². The summed E-state index contributed by atoms with van der Waals surface area (Å²) in [5.41, 5.74) is 0. The third-order valence-electron chi connectivity index (χ3n) is 2.31. The quantitative estimate of drug-likeness (QED) is 0.645. The van der Waals surface area contributed by atoms with Gasteiger partial charge in [-0.3, -0.25) is 0 Å². The number of hydrogen-bond donors (Lipinski definition) is 2.